The molecule has 0 amide bonds. The van der Waals surface area contributed by atoms with E-state index in [1.807, 2.05) is 44.3 Å². The van der Waals surface area contributed by atoms with Gasteiger partial charge in [-0.05, 0) is 24.5 Å². The second kappa shape index (κ2) is 8.44. The van der Waals surface area contributed by atoms with Crippen LogP contribution in [0.15, 0.2) is 48.7 Å². The molecule has 0 aliphatic carbocycles. The van der Waals surface area contributed by atoms with Crippen molar-refractivity contribution in [3.63, 3.8) is 0 Å². The van der Waals surface area contributed by atoms with Crippen LogP contribution in [0.2, 0.25) is 0 Å². The van der Waals surface area contributed by atoms with E-state index in [2.05, 4.69) is 23.2 Å². The summed E-state index contributed by atoms with van der Waals surface area (Å²) >= 11 is 0. The number of hydrogen-bond donors (Lipinski definition) is 0. The molecule has 1 aromatic carbocycles. The standard InChI is InChI=1S/C19H23NO2/c1-15(2)19(21)14-22-12-6-7-16-10-11-18(20-13-16)17-8-4-3-5-9-17/h3-5,8-11,13,15H,6-7,12,14H2,1-2H3. The Morgan fingerprint density at radius 2 is 1.91 bits per heavy atom. The van der Waals surface area contributed by atoms with Crippen LogP contribution in [0.5, 0.6) is 0 Å². The lowest BCUT2D eigenvalue weighted by atomic mass is 10.1. The molecule has 1 aromatic heterocycles. The molecule has 0 spiro atoms. The van der Waals surface area contributed by atoms with Crippen LogP contribution in [0.4, 0.5) is 0 Å². The van der Waals surface area contributed by atoms with Gasteiger partial charge in [0, 0.05) is 24.3 Å². The Morgan fingerprint density at radius 1 is 1.14 bits per heavy atom. The molecule has 0 unspecified atom stereocenters. The van der Waals surface area contributed by atoms with Crippen molar-refractivity contribution in [2.75, 3.05) is 13.2 Å². The minimum absolute atomic E-state index is 0.0507. The first-order valence-corrected chi connectivity index (χ1v) is 7.77. The molecule has 2 aromatic rings. The Hall–Kier alpha value is -2.00. The number of aromatic nitrogens is 1. The number of carbonyl (C=O) groups is 1. The van der Waals surface area contributed by atoms with Gasteiger partial charge in [0.2, 0.25) is 0 Å². The van der Waals surface area contributed by atoms with E-state index in [9.17, 15) is 4.79 Å². The smallest absolute Gasteiger partial charge is 0.160 e. The third kappa shape index (κ3) is 5.08. The summed E-state index contributed by atoms with van der Waals surface area (Å²) in [6.45, 7) is 4.62. The fourth-order valence-electron chi connectivity index (χ4n) is 2.07. The van der Waals surface area contributed by atoms with Crippen LogP contribution in [-0.2, 0) is 16.0 Å². The molecule has 116 valence electrons. The van der Waals surface area contributed by atoms with Crippen LogP contribution in [0.25, 0.3) is 11.3 Å². The summed E-state index contributed by atoms with van der Waals surface area (Å²) in [5.41, 5.74) is 3.31. The number of pyridine rings is 1. The molecule has 0 saturated carbocycles. The van der Waals surface area contributed by atoms with E-state index >= 15 is 0 Å². The van der Waals surface area contributed by atoms with Crippen molar-refractivity contribution >= 4 is 5.78 Å². The Kier molecular flexibility index (Phi) is 6.28. The molecule has 0 bridgehead atoms. The quantitative estimate of drug-likeness (QED) is 0.693. The van der Waals surface area contributed by atoms with Crippen molar-refractivity contribution in [3.8, 4) is 11.3 Å². The molecule has 0 N–H and O–H groups in total. The number of ether oxygens (including phenoxy) is 1. The van der Waals surface area contributed by atoms with E-state index in [4.69, 9.17) is 4.74 Å². The summed E-state index contributed by atoms with van der Waals surface area (Å²) in [7, 11) is 0. The first kappa shape index (κ1) is 16.4. The first-order chi connectivity index (χ1) is 10.7. The van der Waals surface area contributed by atoms with Gasteiger partial charge in [-0.25, -0.2) is 0 Å². The predicted octanol–water partition coefficient (Wildman–Crippen LogP) is 3.92. The molecule has 0 radical (unpaired) electrons. The maximum atomic E-state index is 11.4. The highest BCUT2D eigenvalue weighted by Gasteiger charge is 2.06. The van der Waals surface area contributed by atoms with E-state index in [1.165, 1.54) is 5.56 Å². The largest absolute Gasteiger partial charge is 0.374 e. The van der Waals surface area contributed by atoms with Crippen LogP contribution < -0.4 is 0 Å². The molecule has 0 aliphatic heterocycles. The summed E-state index contributed by atoms with van der Waals surface area (Å²) in [5, 5.41) is 0. The maximum absolute atomic E-state index is 11.4. The van der Waals surface area contributed by atoms with Crippen LogP contribution in [0.1, 0.15) is 25.8 Å². The maximum Gasteiger partial charge on any atom is 0.160 e. The van der Waals surface area contributed by atoms with Gasteiger partial charge in [-0.3, -0.25) is 9.78 Å². The zero-order valence-electron chi connectivity index (χ0n) is 13.3. The Morgan fingerprint density at radius 3 is 2.55 bits per heavy atom. The van der Waals surface area contributed by atoms with Crippen molar-refractivity contribution in [1.29, 1.82) is 0 Å². The van der Waals surface area contributed by atoms with Gasteiger partial charge in [0.05, 0.1) is 5.69 Å². The van der Waals surface area contributed by atoms with Gasteiger partial charge in [-0.15, -0.1) is 0 Å². The van der Waals surface area contributed by atoms with E-state index < -0.39 is 0 Å². The van der Waals surface area contributed by atoms with E-state index in [-0.39, 0.29) is 18.3 Å². The summed E-state index contributed by atoms with van der Waals surface area (Å²) in [6, 6.07) is 14.3. The highest BCUT2D eigenvalue weighted by atomic mass is 16.5. The van der Waals surface area contributed by atoms with Crippen molar-refractivity contribution in [2.45, 2.75) is 26.7 Å². The number of carbonyl (C=O) groups excluding carboxylic acids is 1. The molecule has 2 rings (SSSR count). The number of aryl methyl sites for hydroxylation is 1. The molecule has 1 heterocycles. The fraction of sp³-hybridized carbons (Fsp3) is 0.368. The van der Waals surface area contributed by atoms with E-state index in [0.717, 1.165) is 24.1 Å². The lowest BCUT2D eigenvalue weighted by Gasteiger charge is -2.06. The van der Waals surface area contributed by atoms with Crippen LogP contribution in [0.3, 0.4) is 0 Å². The lowest BCUT2D eigenvalue weighted by molar-refractivity contribution is -0.126. The van der Waals surface area contributed by atoms with Crippen molar-refractivity contribution in [2.24, 2.45) is 5.92 Å². The van der Waals surface area contributed by atoms with Crippen molar-refractivity contribution in [3.05, 3.63) is 54.2 Å². The second-order valence-electron chi connectivity index (χ2n) is 5.69. The third-order valence-electron chi connectivity index (χ3n) is 3.54. The molecule has 0 atom stereocenters. The lowest BCUT2D eigenvalue weighted by Crippen LogP contribution is -2.15. The van der Waals surface area contributed by atoms with Crippen molar-refractivity contribution < 1.29 is 9.53 Å². The van der Waals surface area contributed by atoms with Gasteiger partial charge in [0.25, 0.3) is 0 Å². The number of benzene rings is 1. The molecule has 3 nitrogen and oxygen atoms in total. The average molecular weight is 297 g/mol. The van der Waals surface area contributed by atoms with Crippen molar-refractivity contribution in [1.82, 2.24) is 4.98 Å². The predicted molar refractivity (Wildman–Crippen MR) is 88.7 cm³/mol. The summed E-state index contributed by atoms with van der Waals surface area (Å²) in [6.07, 6.45) is 3.73. The molecular formula is C19H23NO2. The highest BCUT2D eigenvalue weighted by molar-refractivity contribution is 5.81. The number of ketones is 1. The highest BCUT2D eigenvalue weighted by Crippen LogP contribution is 2.16. The van der Waals surface area contributed by atoms with Gasteiger partial charge in [0.1, 0.15) is 6.61 Å². The summed E-state index contributed by atoms with van der Waals surface area (Å²) in [4.78, 5) is 15.9. The Bertz CT molecular complexity index is 576. The third-order valence-corrected chi connectivity index (χ3v) is 3.54. The van der Waals surface area contributed by atoms with Gasteiger partial charge in [-0.1, -0.05) is 50.2 Å². The zero-order chi connectivity index (χ0) is 15.8. The number of Topliss-reactive ketones (excluding diaryl/α,β-unsaturated/α-hetero) is 1. The minimum Gasteiger partial charge on any atom is -0.374 e. The Balaban J connectivity index is 1.74. The molecule has 0 fully saturated rings. The van der Waals surface area contributed by atoms with Crippen LogP contribution >= 0.6 is 0 Å². The molecular weight excluding hydrogens is 274 g/mol. The van der Waals surface area contributed by atoms with Gasteiger partial charge >= 0.3 is 0 Å². The molecule has 0 saturated heterocycles. The van der Waals surface area contributed by atoms with E-state index in [0.29, 0.717) is 6.61 Å². The van der Waals surface area contributed by atoms with Gasteiger partial charge in [-0.2, -0.15) is 0 Å². The van der Waals surface area contributed by atoms with Crippen LogP contribution in [0, 0.1) is 5.92 Å². The minimum atomic E-state index is 0.0507. The number of nitrogens with zero attached hydrogens (tertiary/aromatic N) is 1. The average Bonchev–Trinajstić information content (AvgIpc) is 2.55. The second-order valence-corrected chi connectivity index (χ2v) is 5.69. The molecule has 0 aliphatic rings. The Labute approximate surface area is 132 Å². The molecule has 22 heavy (non-hydrogen) atoms. The van der Waals surface area contributed by atoms with Gasteiger partial charge < -0.3 is 4.74 Å². The number of hydrogen-bond acceptors (Lipinski definition) is 3. The monoisotopic (exact) mass is 297 g/mol. The van der Waals surface area contributed by atoms with Gasteiger partial charge in [0.15, 0.2) is 5.78 Å². The SMILES string of the molecule is CC(C)C(=O)COCCCc1ccc(-c2ccccc2)nc1. The summed E-state index contributed by atoms with van der Waals surface area (Å²) < 4.78 is 5.40. The van der Waals surface area contributed by atoms with Crippen LogP contribution in [-0.4, -0.2) is 24.0 Å². The number of rotatable bonds is 8. The normalized spacial score (nSPS) is 10.9. The molecule has 3 heteroatoms. The summed E-state index contributed by atoms with van der Waals surface area (Å²) in [5.74, 6) is 0.212. The zero-order valence-corrected chi connectivity index (χ0v) is 13.3. The topological polar surface area (TPSA) is 39.2 Å². The fourth-order valence-corrected chi connectivity index (χ4v) is 2.07. The van der Waals surface area contributed by atoms with E-state index in [1.54, 1.807) is 0 Å². The first-order valence-electron chi connectivity index (χ1n) is 7.77.